The van der Waals surface area contributed by atoms with Crippen molar-refractivity contribution < 1.29 is 10.2 Å². The van der Waals surface area contributed by atoms with E-state index >= 15 is 0 Å². The summed E-state index contributed by atoms with van der Waals surface area (Å²) in [6.45, 7) is 12.8. The van der Waals surface area contributed by atoms with Crippen LogP contribution < -0.4 is 0 Å². The van der Waals surface area contributed by atoms with E-state index < -0.39 is 6.10 Å². The van der Waals surface area contributed by atoms with Gasteiger partial charge in [-0.2, -0.15) is 0 Å². The second kappa shape index (κ2) is 9.55. The highest BCUT2D eigenvalue weighted by Crippen LogP contribution is 2.26. The molecule has 0 aromatic rings. The van der Waals surface area contributed by atoms with Gasteiger partial charge in [-0.1, -0.05) is 40.5 Å². The Bertz CT molecular complexity index is 270. The maximum Gasteiger partial charge on any atom is 0.0776 e. The van der Waals surface area contributed by atoms with Crippen molar-refractivity contribution in [2.24, 2.45) is 17.8 Å². The van der Waals surface area contributed by atoms with Crippen molar-refractivity contribution in [1.82, 2.24) is 0 Å². The van der Waals surface area contributed by atoms with Gasteiger partial charge in [0.2, 0.25) is 0 Å². The molecule has 0 saturated carbocycles. The average molecular weight is 270 g/mol. The molecule has 2 heteroatoms. The van der Waals surface area contributed by atoms with Crippen LogP contribution in [0.15, 0.2) is 11.1 Å². The molecule has 0 unspecified atom stereocenters. The van der Waals surface area contributed by atoms with Crippen LogP contribution in [0.4, 0.5) is 0 Å². The summed E-state index contributed by atoms with van der Waals surface area (Å²) in [5.74, 6) is 1.68. The molecular formula is C17H34O2. The van der Waals surface area contributed by atoms with E-state index in [1.165, 1.54) is 19.3 Å². The Morgan fingerprint density at radius 3 is 2.05 bits per heavy atom. The molecule has 0 aromatic carbocycles. The van der Waals surface area contributed by atoms with Gasteiger partial charge in [0.15, 0.2) is 0 Å². The molecule has 2 N–H and O–H groups in total. The molecule has 0 bridgehead atoms. The van der Waals surface area contributed by atoms with Crippen molar-refractivity contribution in [2.75, 3.05) is 6.61 Å². The zero-order valence-electron chi connectivity index (χ0n) is 13.7. The van der Waals surface area contributed by atoms with Gasteiger partial charge in [-0.15, -0.1) is 0 Å². The quantitative estimate of drug-likeness (QED) is 0.617. The second-order valence-electron chi connectivity index (χ2n) is 6.51. The Balaban J connectivity index is 4.32. The van der Waals surface area contributed by atoms with E-state index in [-0.39, 0.29) is 12.5 Å². The van der Waals surface area contributed by atoms with E-state index in [1.54, 1.807) is 0 Å². The van der Waals surface area contributed by atoms with Crippen molar-refractivity contribution in [3.05, 3.63) is 11.1 Å². The largest absolute Gasteiger partial charge is 0.392 e. The maximum absolute atomic E-state index is 10.3. The predicted octanol–water partition coefficient (Wildman–Crippen LogP) is 4.16. The van der Waals surface area contributed by atoms with Crippen molar-refractivity contribution in [3.63, 3.8) is 0 Å². The third-order valence-corrected chi connectivity index (χ3v) is 4.25. The van der Waals surface area contributed by atoms with Crippen LogP contribution >= 0.6 is 0 Å². The van der Waals surface area contributed by atoms with Gasteiger partial charge in [0.1, 0.15) is 0 Å². The van der Waals surface area contributed by atoms with E-state index in [4.69, 9.17) is 5.11 Å². The molecule has 0 aliphatic rings. The van der Waals surface area contributed by atoms with Crippen LogP contribution in [0.3, 0.4) is 0 Å². The molecule has 19 heavy (non-hydrogen) atoms. The van der Waals surface area contributed by atoms with Crippen LogP contribution in [0, 0.1) is 17.8 Å². The molecule has 0 aliphatic heterocycles. The van der Waals surface area contributed by atoms with E-state index in [1.807, 2.05) is 13.8 Å². The Morgan fingerprint density at radius 2 is 1.58 bits per heavy atom. The number of hydrogen-bond donors (Lipinski definition) is 2. The molecule has 0 aliphatic carbocycles. The fourth-order valence-corrected chi connectivity index (χ4v) is 2.96. The fraction of sp³-hybridized carbons (Fsp3) is 0.882. The first-order valence-electron chi connectivity index (χ1n) is 7.78. The van der Waals surface area contributed by atoms with Crippen LogP contribution in [0.25, 0.3) is 0 Å². The summed E-state index contributed by atoms with van der Waals surface area (Å²) in [6, 6.07) is 0. The van der Waals surface area contributed by atoms with Gasteiger partial charge >= 0.3 is 0 Å². The second-order valence-corrected chi connectivity index (χ2v) is 6.51. The maximum atomic E-state index is 10.3. The lowest BCUT2D eigenvalue weighted by atomic mass is 9.84. The number of aliphatic hydroxyl groups excluding tert-OH is 2. The monoisotopic (exact) mass is 270 g/mol. The standard InChI is InChI=1S/C17H34O2/c1-7-8-12(2)9-13(3)10-14(4)17(19)16(6)15(5)11-18/h12-14,17-19H,7-11H2,1-6H3/b16-15-/t12-,13-,14-,17-/m0/s1. The molecule has 2 nitrogen and oxygen atoms in total. The third-order valence-electron chi connectivity index (χ3n) is 4.25. The minimum Gasteiger partial charge on any atom is -0.392 e. The SMILES string of the molecule is CCC[C@H](C)C[C@H](C)C[C@H](C)[C@H](O)/C(C)=C(/C)CO. The molecule has 0 spiro atoms. The number of aliphatic hydroxyl groups is 2. The minimum atomic E-state index is -0.420. The van der Waals surface area contributed by atoms with Crippen LogP contribution in [-0.4, -0.2) is 22.9 Å². The van der Waals surface area contributed by atoms with Crippen LogP contribution in [0.1, 0.15) is 67.2 Å². The third kappa shape index (κ3) is 7.12. The summed E-state index contributed by atoms with van der Waals surface area (Å²) in [7, 11) is 0. The molecule has 0 rings (SSSR count). The molecule has 0 heterocycles. The summed E-state index contributed by atoms with van der Waals surface area (Å²) >= 11 is 0. The molecular weight excluding hydrogens is 236 g/mol. The van der Waals surface area contributed by atoms with E-state index in [0.29, 0.717) is 5.92 Å². The van der Waals surface area contributed by atoms with Gasteiger partial charge in [0.05, 0.1) is 12.7 Å². The normalized spacial score (nSPS) is 19.6. The summed E-state index contributed by atoms with van der Waals surface area (Å²) in [4.78, 5) is 0. The summed E-state index contributed by atoms with van der Waals surface area (Å²) in [5, 5.41) is 19.4. The Hall–Kier alpha value is -0.340. The highest BCUT2D eigenvalue weighted by Gasteiger charge is 2.20. The van der Waals surface area contributed by atoms with Gasteiger partial charge in [-0.25, -0.2) is 0 Å². The van der Waals surface area contributed by atoms with Gasteiger partial charge < -0.3 is 10.2 Å². The van der Waals surface area contributed by atoms with Crippen molar-refractivity contribution >= 4 is 0 Å². The van der Waals surface area contributed by atoms with Crippen LogP contribution in [-0.2, 0) is 0 Å². The number of hydrogen-bond acceptors (Lipinski definition) is 2. The highest BCUT2D eigenvalue weighted by atomic mass is 16.3. The Kier molecular flexibility index (Phi) is 9.38. The minimum absolute atomic E-state index is 0.0404. The molecule has 114 valence electrons. The van der Waals surface area contributed by atoms with Gasteiger partial charge in [0, 0.05) is 0 Å². The molecule has 0 aromatic heterocycles. The smallest absolute Gasteiger partial charge is 0.0776 e. The van der Waals surface area contributed by atoms with Gasteiger partial charge in [-0.05, 0) is 55.6 Å². The molecule has 0 radical (unpaired) electrons. The van der Waals surface area contributed by atoms with Gasteiger partial charge in [0.25, 0.3) is 0 Å². The lowest BCUT2D eigenvalue weighted by molar-refractivity contribution is 0.129. The zero-order valence-corrected chi connectivity index (χ0v) is 13.7. The van der Waals surface area contributed by atoms with E-state index in [9.17, 15) is 5.11 Å². The number of rotatable bonds is 9. The fourth-order valence-electron chi connectivity index (χ4n) is 2.96. The molecule has 0 saturated heterocycles. The van der Waals surface area contributed by atoms with Crippen molar-refractivity contribution in [2.45, 2.75) is 73.3 Å². The van der Waals surface area contributed by atoms with E-state index in [0.717, 1.165) is 23.5 Å². The summed E-state index contributed by atoms with van der Waals surface area (Å²) < 4.78 is 0. The highest BCUT2D eigenvalue weighted by molar-refractivity contribution is 5.15. The first-order valence-corrected chi connectivity index (χ1v) is 7.78. The first kappa shape index (κ1) is 18.7. The lowest BCUT2D eigenvalue weighted by Crippen LogP contribution is -2.23. The lowest BCUT2D eigenvalue weighted by Gasteiger charge is -2.25. The molecule has 0 amide bonds. The summed E-state index contributed by atoms with van der Waals surface area (Å²) in [5.41, 5.74) is 1.83. The predicted molar refractivity (Wildman–Crippen MR) is 83.1 cm³/mol. The van der Waals surface area contributed by atoms with Crippen LogP contribution in [0.5, 0.6) is 0 Å². The molecule has 4 atom stereocenters. The van der Waals surface area contributed by atoms with Crippen molar-refractivity contribution in [3.8, 4) is 0 Å². The zero-order chi connectivity index (χ0) is 15.0. The summed E-state index contributed by atoms with van der Waals surface area (Å²) in [6.07, 6.45) is 4.42. The Labute approximate surface area is 119 Å². The topological polar surface area (TPSA) is 40.5 Å². The molecule has 0 fully saturated rings. The Morgan fingerprint density at radius 1 is 1.00 bits per heavy atom. The van der Waals surface area contributed by atoms with E-state index in [2.05, 4.69) is 27.7 Å². The van der Waals surface area contributed by atoms with Crippen molar-refractivity contribution in [1.29, 1.82) is 0 Å². The van der Waals surface area contributed by atoms with Crippen LogP contribution in [0.2, 0.25) is 0 Å². The average Bonchev–Trinajstić information content (AvgIpc) is 2.35. The first-order chi connectivity index (χ1) is 8.83. The van der Waals surface area contributed by atoms with Gasteiger partial charge in [-0.3, -0.25) is 0 Å².